The molecule has 0 aliphatic carbocycles. The number of nitrogens with one attached hydrogen (secondary N) is 2. The van der Waals surface area contributed by atoms with Crippen LogP contribution in [0.15, 0.2) is 24.3 Å². The standard InChI is InChI=1S/C15H23N3O2S/c1-2-21(19,20)17-14-5-3-13(4-6-14)16-15-8-10-18-9-7-12(15)11-18/h3-6,12,15-17H,2,7-11H2,1H3. The Balaban J connectivity index is 1.62. The molecule has 3 unspecified atom stereocenters. The molecule has 2 heterocycles. The summed E-state index contributed by atoms with van der Waals surface area (Å²) in [6.45, 7) is 5.27. The monoisotopic (exact) mass is 309 g/mol. The minimum atomic E-state index is -3.20. The molecule has 5 nitrogen and oxygen atoms in total. The Morgan fingerprint density at radius 1 is 1.14 bits per heavy atom. The van der Waals surface area contributed by atoms with Gasteiger partial charge in [-0.3, -0.25) is 4.72 Å². The third-order valence-corrected chi connectivity index (χ3v) is 5.83. The van der Waals surface area contributed by atoms with Crippen LogP contribution in [0.2, 0.25) is 0 Å². The second kappa shape index (κ2) is 5.85. The number of anilines is 2. The molecular formula is C15H23N3O2S. The molecule has 0 amide bonds. The highest BCUT2D eigenvalue weighted by Gasteiger charge is 2.33. The highest BCUT2D eigenvalue weighted by molar-refractivity contribution is 7.92. The summed E-state index contributed by atoms with van der Waals surface area (Å²) < 4.78 is 25.6. The van der Waals surface area contributed by atoms with Gasteiger partial charge in [0.05, 0.1) is 5.75 Å². The van der Waals surface area contributed by atoms with Crippen LogP contribution in [0.1, 0.15) is 19.8 Å². The number of hydrogen-bond donors (Lipinski definition) is 2. The molecule has 3 rings (SSSR count). The molecule has 3 atom stereocenters. The van der Waals surface area contributed by atoms with Crippen LogP contribution in [0.4, 0.5) is 11.4 Å². The molecule has 2 saturated heterocycles. The molecule has 2 aliphatic rings. The van der Waals surface area contributed by atoms with Gasteiger partial charge in [0.1, 0.15) is 0 Å². The maximum atomic E-state index is 11.5. The van der Waals surface area contributed by atoms with E-state index in [0.29, 0.717) is 11.7 Å². The lowest BCUT2D eigenvalue weighted by Crippen LogP contribution is -2.39. The van der Waals surface area contributed by atoms with Gasteiger partial charge in [-0.15, -0.1) is 0 Å². The highest BCUT2D eigenvalue weighted by atomic mass is 32.2. The van der Waals surface area contributed by atoms with E-state index >= 15 is 0 Å². The first-order chi connectivity index (χ1) is 10.1. The van der Waals surface area contributed by atoms with E-state index in [1.54, 1.807) is 6.92 Å². The van der Waals surface area contributed by atoms with Crippen molar-refractivity contribution in [2.24, 2.45) is 5.92 Å². The quantitative estimate of drug-likeness (QED) is 0.873. The predicted octanol–water partition coefficient (Wildman–Crippen LogP) is 1.95. The first kappa shape index (κ1) is 14.7. The van der Waals surface area contributed by atoms with Crippen LogP contribution in [-0.2, 0) is 10.0 Å². The van der Waals surface area contributed by atoms with Crippen molar-refractivity contribution in [3.05, 3.63) is 24.3 Å². The summed E-state index contributed by atoms with van der Waals surface area (Å²) in [7, 11) is -3.20. The lowest BCUT2D eigenvalue weighted by Gasteiger charge is -2.31. The summed E-state index contributed by atoms with van der Waals surface area (Å²) >= 11 is 0. The second-order valence-electron chi connectivity index (χ2n) is 5.97. The molecule has 2 bridgehead atoms. The third-order valence-electron chi connectivity index (χ3n) is 4.52. The summed E-state index contributed by atoms with van der Waals surface area (Å²) in [5.74, 6) is 0.838. The fraction of sp³-hybridized carbons (Fsp3) is 0.600. The summed E-state index contributed by atoms with van der Waals surface area (Å²) in [4.78, 5) is 2.53. The highest BCUT2D eigenvalue weighted by Crippen LogP contribution is 2.29. The molecule has 0 saturated carbocycles. The van der Waals surface area contributed by atoms with Gasteiger partial charge in [0, 0.05) is 30.5 Å². The average molecular weight is 309 g/mol. The number of hydrogen-bond acceptors (Lipinski definition) is 4. The Bertz CT molecular complexity index is 585. The minimum Gasteiger partial charge on any atom is -0.382 e. The normalized spacial score (nSPS) is 28.3. The number of nitrogens with zero attached hydrogens (tertiary/aromatic N) is 1. The molecule has 1 aromatic carbocycles. The van der Waals surface area contributed by atoms with Gasteiger partial charge >= 0.3 is 0 Å². The fourth-order valence-corrected chi connectivity index (χ4v) is 3.88. The summed E-state index contributed by atoms with van der Waals surface area (Å²) in [5.41, 5.74) is 1.69. The van der Waals surface area contributed by atoms with Crippen molar-refractivity contribution in [1.82, 2.24) is 4.90 Å². The Kier molecular flexibility index (Phi) is 4.08. The van der Waals surface area contributed by atoms with Crippen molar-refractivity contribution in [3.8, 4) is 0 Å². The maximum Gasteiger partial charge on any atom is 0.232 e. The van der Waals surface area contributed by atoms with Gasteiger partial charge < -0.3 is 10.2 Å². The van der Waals surface area contributed by atoms with Crippen LogP contribution in [0, 0.1) is 5.92 Å². The lowest BCUT2D eigenvalue weighted by molar-refractivity contribution is 0.255. The zero-order valence-corrected chi connectivity index (χ0v) is 13.2. The van der Waals surface area contributed by atoms with Gasteiger partial charge in [-0.05, 0) is 56.5 Å². The molecule has 0 radical (unpaired) electrons. The number of piperidine rings is 1. The zero-order chi connectivity index (χ0) is 14.9. The molecule has 0 aromatic heterocycles. The van der Waals surface area contributed by atoms with E-state index in [2.05, 4.69) is 14.9 Å². The molecule has 0 spiro atoms. The SMILES string of the molecule is CCS(=O)(=O)Nc1ccc(NC2CCN3CCC2C3)cc1. The third kappa shape index (κ3) is 3.49. The molecule has 2 N–H and O–H groups in total. The summed E-state index contributed by atoms with van der Waals surface area (Å²) in [6, 6.07) is 8.09. The van der Waals surface area contributed by atoms with Crippen molar-refractivity contribution in [1.29, 1.82) is 0 Å². The van der Waals surface area contributed by atoms with E-state index in [4.69, 9.17) is 0 Å². The molecule has 6 heteroatoms. The molecule has 21 heavy (non-hydrogen) atoms. The molecular weight excluding hydrogens is 286 g/mol. The average Bonchev–Trinajstić information content (AvgIpc) is 2.86. The Labute approximate surface area is 126 Å². The smallest absolute Gasteiger partial charge is 0.232 e. The Morgan fingerprint density at radius 3 is 2.52 bits per heavy atom. The van der Waals surface area contributed by atoms with E-state index in [0.717, 1.165) is 11.6 Å². The topological polar surface area (TPSA) is 61.4 Å². The van der Waals surface area contributed by atoms with E-state index < -0.39 is 10.0 Å². The van der Waals surface area contributed by atoms with E-state index in [-0.39, 0.29) is 5.75 Å². The number of sulfonamides is 1. The van der Waals surface area contributed by atoms with Gasteiger partial charge in [0.2, 0.25) is 10.0 Å². The van der Waals surface area contributed by atoms with Crippen LogP contribution in [0.25, 0.3) is 0 Å². The molecule has 2 aliphatic heterocycles. The van der Waals surface area contributed by atoms with Gasteiger partial charge in [-0.25, -0.2) is 8.42 Å². The molecule has 116 valence electrons. The Morgan fingerprint density at radius 2 is 1.81 bits per heavy atom. The van der Waals surface area contributed by atoms with Crippen molar-refractivity contribution in [2.45, 2.75) is 25.8 Å². The fourth-order valence-electron chi connectivity index (χ4n) is 3.24. The van der Waals surface area contributed by atoms with Crippen LogP contribution >= 0.6 is 0 Å². The van der Waals surface area contributed by atoms with E-state index in [1.807, 2.05) is 24.3 Å². The summed E-state index contributed by atoms with van der Waals surface area (Å²) in [5, 5.41) is 3.61. The largest absolute Gasteiger partial charge is 0.382 e. The van der Waals surface area contributed by atoms with Crippen molar-refractivity contribution in [2.75, 3.05) is 35.4 Å². The maximum absolute atomic E-state index is 11.5. The van der Waals surface area contributed by atoms with Gasteiger partial charge in [0.25, 0.3) is 0 Å². The minimum absolute atomic E-state index is 0.0905. The number of rotatable bonds is 5. The van der Waals surface area contributed by atoms with Crippen molar-refractivity contribution in [3.63, 3.8) is 0 Å². The lowest BCUT2D eigenvalue weighted by atomic mass is 9.94. The first-order valence-electron chi connectivity index (χ1n) is 7.65. The predicted molar refractivity (Wildman–Crippen MR) is 86.1 cm³/mol. The van der Waals surface area contributed by atoms with Crippen LogP contribution in [0.3, 0.4) is 0 Å². The van der Waals surface area contributed by atoms with Gasteiger partial charge in [-0.2, -0.15) is 0 Å². The Hall–Kier alpha value is -1.27. The van der Waals surface area contributed by atoms with Gasteiger partial charge in [0.15, 0.2) is 0 Å². The second-order valence-corrected chi connectivity index (χ2v) is 7.98. The van der Waals surface area contributed by atoms with Crippen LogP contribution in [0.5, 0.6) is 0 Å². The van der Waals surface area contributed by atoms with E-state index in [9.17, 15) is 8.42 Å². The molecule has 1 aromatic rings. The van der Waals surface area contributed by atoms with Crippen molar-refractivity contribution >= 4 is 21.4 Å². The van der Waals surface area contributed by atoms with Crippen molar-refractivity contribution < 1.29 is 8.42 Å². The van der Waals surface area contributed by atoms with E-state index in [1.165, 1.54) is 32.5 Å². The van der Waals surface area contributed by atoms with Crippen LogP contribution in [-0.4, -0.2) is 44.7 Å². The van der Waals surface area contributed by atoms with Gasteiger partial charge in [-0.1, -0.05) is 0 Å². The summed E-state index contributed by atoms with van der Waals surface area (Å²) in [6.07, 6.45) is 2.47. The first-order valence-corrected chi connectivity index (χ1v) is 9.30. The number of benzene rings is 1. The molecule has 2 fully saturated rings. The number of fused-ring (bicyclic) bond motifs is 2. The zero-order valence-electron chi connectivity index (χ0n) is 12.4. The van der Waals surface area contributed by atoms with Crippen LogP contribution < -0.4 is 10.0 Å².